The van der Waals surface area contributed by atoms with Gasteiger partial charge in [-0.1, -0.05) is 66.6 Å². The van der Waals surface area contributed by atoms with E-state index < -0.39 is 0 Å². The number of fused-ring (bicyclic) bond motifs is 4. The summed E-state index contributed by atoms with van der Waals surface area (Å²) >= 11 is 0. The maximum Gasteiger partial charge on any atom is 0.0625 e. The third-order valence-corrected chi connectivity index (χ3v) is 4.94. The summed E-state index contributed by atoms with van der Waals surface area (Å²) in [6.07, 6.45) is 5.72. The molecule has 0 atom stereocenters. The van der Waals surface area contributed by atoms with Gasteiger partial charge in [-0.15, -0.1) is 6.42 Å². The Kier molecular flexibility index (Phi) is 3.46. The molecule has 0 aliphatic rings. The molecule has 0 radical (unpaired) electrons. The summed E-state index contributed by atoms with van der Waals surface area (Å²) in [5, 5.41) is 4.57. The van der Waals surface area contributed by atoms with E-state index in [-0.39, 0.29) is 0 Å². The first-order valence-electron chi connectivity index (χ1n) is 8.85. The third kappa shape index (κ3) is 2.38. The van der Waals surface area contributed by atoms with Crippen molar-refractivity contribution in [2.75, 3.05) is 0 Å². The lowest BCUT2D eigenvalue weighted by Gasteiger charge is -2.03. The number of para-hydroxylation sites is 2. The molecule has 0 fully saturated rings. The largest absolute Gasteiger partial charge is 0.268 e. The number of aromatic nitrogens is 1. The van der Waals surface area contributed by atoms with Gasteiger partial charge < -0.3 is 0 Å². The molecule has 4 aromatic carbocycles. The average molecular weight is 341 g/mol. The monoisotopic (exact) mass is 341 g/mol. The fourth-order valence-corrected chi connectivity index (χ4v) is 3.72. The minimum atomic E-state index is 0.875. The van der Waals surface area contributed by atoms with E-state index in [4.69, 9.17) is 6.42 Å². The van der Waals surface area contributed by atoms with Gasteiger partial charge in [0.1, 0.15) is 0 Å². The third-order valence-electron chi connectivity index (χ3n) is 4.94. The highest BCUT2D eigenvalue weighted by atomic mass is 14.9. The quantitative estimate of drug-likeness (QED) is 0.314. The van der Waals surface area contributed by atoms with Gasteiger partial charge in [-0.25, -0.2) is 0 Å². The minimum absolute atomic E-state index is 0.875. The van der Waals surface area contributed by atoms with Crippen molar-refractivity contribution >= 4 is 32.6 Å². The first-order valence-corrected chi connectivity index (χ1v) is 8.85. The highest BCUT2D eigenvalue weighted by Gasteiger charge is 2.08. The van der Waals surface area contributed by atoms with Crippen LogP contribution in [0.15, 0.2) is 84.9 Å². The van der Waals surface area contributed by atoms with Crippen LogP contribution in [0.3, 0.4) is 0 Å². The highest BCUT2D eigenvalue weighted by Crippen LogP contribution is 2.28. The van der Waals surface area contributed by atoms with Gasteiger partial charge in [-0.3, -0.25) is 4.57 Å². The number of hydrogen-bond acceptors (Lipinski definition) is 0. The van der Waals surface area contributed by atoms with Crippen molar-refractivity contribution in [1.82, 2.24) is 4.57 Å². The Labute approximate surface area is 157 Å². The molecule has 0 amide bonds. The van der Waals surface area contributed by atoms with Crippen molar-refractivity contribution < 1.29 is 0 Å². The van der Waals surface area contributed by atoms with Gasteiger partial charge >= 0.3 is 0 Å². The molecule has 1 heterocycles. The van der Waals surface area contributed by atoms with Crippen LogP contribution in [0.25, 0.3) is 32.6 Å². The Morgan fingerprint density at radius 2 is 1.22 bits per heavy atom. The molecule has 5 aromatic rings. The molecular weight excluding hydrogens is 326 g/mol. The van der Waals surface area contributed by atoms with E-state index in [1.807, 2.05) is 36.4 Å². The predicted molar refractivity (Wildman–Crippen MR) is 114 cm³/mol. The molecule has 5 rings (SSSR count). The van der Waals surface area contributed by atoms with Gasteiger partial charge in [0.25, 0.3) is 0 Å². The van der Waals surface area contributed by atoms with Crippen LogP contribution in [-0.2, 0) is 0 Å². The zero-order valence-electron chi connectivity index (χ0n) is 14.6. The number of nitrogens with zero attached hydrogens (tertiary/aromatic N) is 1. The average Bonchev–Trinajstić information content (AvgIpc) is 3.05. The SMILES string of the molecule is C#Cc1cccc2cccc(C#Cn3c4ccccc4c4ccccc43)c12. The first kappa shape index (κ1) is 15.3. The van der Waals surface area contributed by atoms with Gasteiger partial charge in [0.05, 0.1) is 11.0 Å². The van der Waals surface area contributed by atoms with E-state index in [1.165, 1.54) is 10.8 Å². The number of hydrogen-bond donors (Lipinski definition) is 0. The molecule has 124 valence electrons. The molecule has 0 unspecified atom stereocenters. The molecule has 0 saturated heterocycles. The van der Waals surface area contributed by atoms with Crippen LogP contribution in [-0.4, -0.2) is 4.57 Å². The van der Waals surface area contributed by atoms with Gasteiger partial charge in [-0.05, 0) is 35.6 Å². The summed E-state index contributed by atoms with van der Waals surface area (Å²) in [6, 6.07) is 32.3. The number of terminal acetylenes is 1. The van der Waals surface area contributed by atoms with Crippen molar-refractivity contribution in [1.29, 1.82) is 0 Å². The van der Waals surface area contributed by atoms with Crippen molar-refractivity contribution in [3.63, 3.8) is 0 Å². The smallest absolute Gasteiger partial charge is 0.0625 e. The predicted octanol–water partition coefficient (Wildman–Crippen LogP) is 5.79. The van der Waals surface area contributed by atoms with E-state index >= 15 is 0 Å². The fraction of sp³-hybridized carbons (Fsp3) is 0. The molecule has 1 heteroatoms. The maximum atomic E-state index is 5.72. The Morgan fingerprint density at radius 1 is 0.630 bits per heavy atom. The maximum absolute atomic E-state index is 5.72. The molecule has 0 spiro atoms. The van der Waals surface area contributed by atoms with Crippen molar-refractivity contribution in [2.24, 2.45) is 0 Å². The Balaban J connectivity index is 1.81. The summed E-state index contributed by atoms with van der Waals surface area (Å²) in [4.78, 5) is 0. The second-order valence-electron chi connectivity index (χ2n) is 6.46. The van der Waals surface area contributed by atoms with Crippen LogP contribution in [0.2, 0.25) is 0 Å². The fourth-order valence-electron chi connectivity index (χ4n) is 3.72. The molecule has 1 nitrogen and oxygen atoms in total. The second kappa shape index (κ2) is 6.10. The van der Waals surface area contributed by atoms with Crippen LogP contribution in [0.4, 0.5) is 0 Å². The Bertz CT molecular complexity index is 1370. The zero-order valence-corrected chi connectivity index (χ0v) is 14.6. The molecule has 27 heavy (non-hydrogen) atoms. The summed E-state index contributed by atoms with van der Waals surface area (Å²) in [6.45, 7) is 0. The minimum Gasteiger partial charge on any atom is -0.268 e. The van der Waals surface area contributed by atoms with Crippen molar-refractivity contribution in [3.8, 4) is 24.3 Å². The van der Waals surface area contributed by atoms with Crippen molar-refractivity contribution in [2.45, 2.75) is 0 Å². The summed E-state index contributed by atoms with van der Waals surface area (Å²) in [5.41, 5.74) is 4.05. The standard InChI is InChI=1S/C26H15N/c1-2-19-9-7-10-20-11-8-12-21(26(19)20)17-18-27-24-15-5-3-13-22(24)23-14-4-6-16-25(23)27/h1,3-16H. The zero-order chi connectivity index (χ0) is 18.2. The van der Waals surface area contributed by atoms with E-state index in [1.54, 1.807) is 0 Å². The summed E-state index contributed by atoms with van der Waals surface area (Å²) < 4.78 is 2.07. The first-order chi connectivity index (χ1) is 13.4. The normalized spacial score (nSPS) is 10.6. The Morgan fingerprint density at radius 3 is 1.85 bits per heavy atom. The highest BCUT2D eigenvalue weighted by molar-refractivity contribution is 6.08. The van der Waals surface area contributed by atoms with Crippen LogP contribution in [0.1, 0.15) is 11.1 Å². The van der Waals surface area contributed by atoms with E-state index in [0.717, 1.165) is 32.9 Å². The lowest BCUT2D eigenvalue weighted by atomic mass is 10.00. The molecule has 0 saturated carbocycles. The van der Waals surface area contributed by atoms with Crippen LogP contribution in [0.5, 0.6) is 0 Å². The molecule has 0 aliphatic heterocycles. The van der Waals surface area contributed by atoms with Gasteiger partial charge in [0.15, 0.2) is 0 Å². The van der Waals surface area contributed by atoms with E-state index in [0.29, 0.717) is 0 Å². The number of benzene rings is 4. The van der Waals surface area contributed by atoms with Crippen LogP contribution in [0, 0.1) is 24.3 Å². The van der Waals surface area contributed by atoms with Gasteiger partial charge in [0, 0.05) is 33.3 Å². The summed E-state index contributed by atoms with van der Waals surface area (Å²) in [7, 11) is 0. The second-order valence-corrected chi connectivity index (χ2v) is 6.46. The lowest BCUT2D eigenvalue weighted by molar-refractivity contribution is 1.26. The van der Waals surface area contributed by atoms with E-state index in [9.17, 15) is 0 Å². The molecule has 0 bridgehead atoms. The van der Waals surface area contributed by atoms with Gasteiger partial charge in [-0.2, -0.15) is 0 Å². The van der Waals surface area contributed by atoms with Crippen molar-refractivity contribution in [3.05, 3.63) is 96.1 Å². The van der Waals surface area contributed by atoms with Crippen LogP contribution >= 0.6 is 0 Å². The molecule has 0 aliphatic carbocycles. The van der Waals surface area contributed by atoms with Gasteiger partial charge in [0.2, 0.25) is 0 Å². The van der Waals surface area contributed by atoms with Crippen LogP contribution < -0.4 is 0 Å². The lowest BCUT2D eigenvalue weighted by Crippen LogP contribution is -1.89. The topological polar surface area (TPSA) is 4.93 Å². The molecular formula is C26H15N. The summed E-state index contributed by atoms with van der Waals surface area (Å²) in [5.74, 6) is 6.15. The molecule has 0 N–H and O–H groups in total. The Hall–Kier alpha value is -3.94. The molecule has 1 aromatic heterocycles. The number of rotatable bonds is 0. The van der Waals surface area contributed by atoms with E-state index in [2.05, 4.69) is 71.0 Å².